The van der Waals surface area contributed by atoms with Crippen LogP contribution in [-0.4, -0.2) is 17.6 Å². The maximum absolute atomic E-state index is 13.3. The maximum Gasteiger partial charge on any atom is 0.153 e. The van der Waals surface area contributed by atoms with Gasteiger partial charge in [0.25, 0.3) is 0 Å². The van der Waals surface area contributed by atoms with Crippen molar-refractivity contribution in [3.8, 4) is 0 Å². The second kappa shape index (κ2) is 5.46. The lowest BCUT2D eigenvalue weighted by Crippen LogP contribution is -2.30. The molecule has 0 aliphatic rings. The third-order valence-electron chi connectivity index (χ3n) is 2.41. The van der Waals surface area contributed by atoms with E-state index >= 15 is 0 Å². The second-order valence-electron chi connectivity index (χ2n) is 3.70. The van der Waals surface area contributed by atoms with Crippen molar-refractivity contribution < 1.29 is 9.60 Å². The molecule has 88 valence electrons. The molecule has 0 fully saturated rings. The maximum atomic E-state index is 13.3. The minimum atomic E-state index is -0.227. The van der Waals surface area contributed by atoms with Crippen LogP contribution in [0.2, 0.25) is 0 Å². The fourth-order valence-electron chi connectivity index (χ4n) is 1.29. The first-order valence-corrected chi connectivity index (χ1v) is 5.00. The van der Waals surface area contributed by atoms with E-state index in [1.807, 2.05) is 13.0 Å². The number of benzene rings is 1. The van der Waals surface area contributed by atoms with E-state index in [2.05, 4.69) is 10.5 Å². The van der Waals surface area contributed by atoms with Gasteiger partial charge >= 0.3 is 0 Å². The third kappa shape index (κ3) is 3.20. The summed E-state index contributed by atoms with van der Waals surface area (Å²) in [5.41, 5.74) is 6.76. The van der Waals surface area contributed by atoms with Crippen molar-refractivity contribution >= 4 is 5.84 Å². The van der Waals surface area contributed by atoms with Gasteiger partial charge in [-0.1, -0.05) is 17.3 Å². The van der Waals surface area contributed by atoms with E-state index in [0.29, 0.717) is 5.56 Å². The van der Waals surface area contributed by atoms with Crippen LogP contribution in [0, 0.1) is 12.7 Å². The van der Waals surface area contributed by atoms with Gasteiger partial charge in [0, 0.05) is 6.04 Å². The highest BCUT2D eigenvalue weighted by atomic mass is 19.1. The van der Waals surface area contributed by atoms with Crippen LogP contribution in [0.3, 0.4) is 0 Å². The molecule has 0 saturated carbocycles. The highest BCUT2D eigenvalue weighted by Crippen LogP contribution is 2.15. The Labute approximate surface area is 94.0 Å². The number of nitrogens with two attached hydrogens (primary N) is 1. The Hall–Kier alpha value is -1.62. The van der Waals surface area contributed by atoms with E-state index in [-0.39, 0.29) is 24.2 Å². The summed E-state index contributed by atoms with van der Waals surface area (Å²) in [7, 11) is 0. The summed E-state index contributed by atoms with van der Waals surface area (Å²) >= 11 is 0. The lowest BCUT2D eigenvalue weighted by molar-refractivity contribution is 0.316. The molecule has 0 amide bonds. The van der Waals surface area contributed by atoms with Crippen LogP contribution in [0.1, 0.15) is 24.1 Å². The average Bonchev–Trinajstić information content (AvgIpc) is 2.29. The Morgan fingerprint density at radius 3 is 2.88 bits per heavy atom. The molecule has 4 N–H and O–H groups in total. The number of oxime groups is 1. The minimum Gasteiger partial charge on any atom is -0.409 e. The first kappa shape index (κ1) is 12.4. The number of nitrogens with zero attached hydrogens (tertiary/aromatic N) is 1. The van der Waals surface area contributed by atoms with Gasteiger partial charge in [-0.15, -0.1) is 0 Å². The van der Waals surface area contributed by atoms with E-state index in [0.717, 1.165) is 5.56 Å². The van der Waals surface area contributed by atoms with Gasteiger partial charge in [0.1, 0.15) is 5.82 Å². The summed E-state index contributed by atoms with van der Waals surface area (Å²) in [5.74, 6) is -0.130. The number of hydrogen-bond donors (Lipinski definition) is 3. The second-order valence-corrected chi connectivity index (χ2v) is 3.70. The normalized spacial score (nSPS) is 13.8. The summed E-state index contributed by atoms with van der Waals surface area (Å²) in [4.78, 5) is 0. The van der Waals surface area contributed by atoms with Crippen LogP contribution in [-0.2, 0) is 0 Å². The average molecular weight is 225 g/mol. The number of aryl methyl sites for hydroxylation is 1. The molecule has 4 nitrogen and oxygen atoms in total. The molecular weight excluding hydrogens is 209 g/mol. The molecule has 1 atom stereocenters. The van der Waals surface area contributed by atoms with Crippen molar-refractivity contribution in [2.24, 2.45) is 10.9 Å². The van der Waals surface area contributed by atoms with Gasteiger partial charge in [-0.05, 0) is 31.0 Å². The van der Waals surface area contributed by atoms with Crippen LogP contribution in [0.4, 0.5) is 4.39 Å². The zero-order valence-electron chi connectivity index (χ0n) is 9.37. The van der Waals surface area contributed by atoms with Gasteiger partial charge < -0.3 is 16.3 Å². The predicted molar refractivity (Wildman–Crippen MR) is 61.0 cm³/mol. The topological polar surface area (TPSA) is 70.6 Å². The van der Waals surface area contributed by atoms with Gasteiger partial charge in [-0.2, -0.15) is 0 Å². The molecule has 5 heteroatoms. The molecule has 0 spiro atoms. The van der Waals surface area contributed by atoms with Crippen LogP contribution >= 0.6 is 0 Å². The Kier molecular flexibility index (Phi) is 4.25. The van der Waals surface area contributed by atoms with Crippen molar-refractivity contribution in [2.45, 2.75) is 19.9 Å². The smallest absolute Gasteiger partial charge is 0.153 e. The summed E-state index contributed by atoms with van der Waals surface area (Å²) in [6.45, 7) is 3.86. The van der Waals surface area contributed by atoms with E-state index < -0.39 is 0 Å². The molecule has 0 aliphatic carbocycles. The van der Waals surface area contributed by atoms with Crippen LogP contribution in [0.25, 0.3) is 0 Å². The van der Waals surface area contributed by atoms with E-state index in [4.69, 9.17) is 10.9 Å². The van der Waals surface area contributed by atoms with Gasteiger partial charge in [0.2, 0.25) is 0 Å². The number of rotatable bonds is 4. The third-order valence-corrected chi connectivity index (χ3v) is 2.41. The van der Waals surface area contributed by atoms with Gasteiger partial charge in [0.05, 0.1) is 6.54 Å². The molecule has 0 saturated heterocycles. The predicted octanol–water partition coefficient (Wildman–Crippen LogP) is 1.53. The van der Waals surface area contributed by atoms with Crippen LogP contribution < -0.4 is 11.1 Å². The Morgan fingerprint density at radius 1 is 1.62 bits per heavy atom. The molecule has 0 radical (unpaired) electrons. The molecule has 1 aromatic rings. The zero-order valence-corrected chi connectivity index (χ0v) is 9.37. The quantitative estimate of drug-likeness (QED) is 0.315. The van der Waals surface area contributed by atoms with E-state index in [1.165, 1.54) is 6.07 Å². The van der Waals surface area contributed by atoms with Gasteiger partial charge in [-0.25, -0.2) is 4.39 Å². The monoisotopic (exact) mass is 225 g/mol. The van der Waals surface area contributed by atoms with E-state index in [1.54, 1.807) is 13.0 Å². The molecular formula is C11H16FN3O. The first-order valence-electron chi connectivity index (χ1n) is 5.00. The fraction of sp³-hybridized carbons (Fsp3) is 0.364. The summed E-state index contributed by atoms with van der Waals surface area (Å²) in [5, 5.41) is 14.2. The standard InChI is InChI=1S/C11H16FN3O/c1-7-3-4-9(5-10(7)12)8(2)14-6-11(13)15-16/h3-5,8,14,16H,6H2,1-2H3,(H2,13,15). The van der Waals surface area contributed by atoms with Crippen molar-refractivity contribution in [1.29, 1.82) is 0 Å². The number of halogens is 1. The number of nitrogens with one attached hydrogen (secondary N) is 1. The van der Waals surface area contributed by atoms with Gasteiger partial charge in [0.15, 0.2) is 5.84 Å². The lowest BCUT2D eigenvalue weighted by Gasteiger charge is -2.14. The van der Waals surface area contributed by atoms with Gasteiger partial charge in [-0.3, -0.25) is 0 Å². The minimum absolute atomic E-state index is 0.0598. The van der Waals surface area contributed by atoms with Crippen LogP contribution in [0.15, 0.2) is 23.4 Å². The molecule has 1 rings (SSSR count). The molecule has 0 bridgehead atoms. The van der Waals surface area contributed by atoms with Crippen molar-refractivity contribution in [3.63, 3.8) is 0 Å². The largest absolute Gasteiger partial charge is 0.409 e. The highest BCUT2D eigenvalue weighted by Gasteiger charge is 2.07. The molecule has 0 aromatic heterocycles. The number of hydrogen-bond acceptors (Lipinski definition) is 3. The Balaban J connectivity index is 2.66. The van der Waals surface area contributed by atoms with Crippen LogP contribution in [0.5, 0.6) is 0 Å². The molecule has 16 heavy (non-hydrogen) atoms. The molecule has 0 heterocycles. The SMILES string of the molecule is Cc1ccc(C(C)NCC(N)=NO)cc1F. The molecule has 0 aliphatic heterocycles. The van der Waals surface area contributed by atoms with Crippen molar-refractivity contribution in [1.82, 2.24) is 5.32 Å². The summed E-state index contributed by atoms with van der Waals surface area (Å²) < 4.78 is 13.3. The van der Waals surface area contributed by atoms with Crippen molar-refractivity contribution in [2.75, 3.05) is 6.54 Å². The molecule has 1 aromatic carbocycles. The highest BCUT2D eigenvalue weighted by molar-refractivity contribution is 5.81. The van der Waals surface area contributed by atoms with E-state index in [9.17, 15) is 4.39 Å². The Bertz CT molecular complexity index is 393. The summed E-state index contributed by atoms with van der Waals surface area (Å²) in [6.07, 6.45) is 0. The zero-order chi connectivity index (χ0) is 12.1. The molecule has 1 unspecified atom stereocenters. The first-order chi connectivity index (χ1) is 7.54. The fourth-order valence-corrected chi connectivity index (χ4v) is 1.29. The Morgan fingerprint density at radius 2 is 2.31 bits per heavy atom. The lowest BCUT2D eigenvalue weighted by atomic mass is 10.1. The summed E-state index contributed by atoms with van der Waals surface area (Å²) in [6, 6.07) is 5.00. The number of amidine groups is 1. The van der Waals surface area contributed by atoms with Crippen molar-refractivity contribution in [3.05, 3.63) is 35.1 Å².